The van der Waals surface area contributed by atoms with Crippen LogP contribution in [0.5, 0.6) is 11.5 Å². The molecule has 2 aromatic carbocycles. The van der Waals surface area contributed by atoms with Gasteiger partial charge in [-0.3, -0.25) is 10.1 Å². The smallest absolute Gasteiger partial charge is 0.273 e. The number of nitro benzene ring substituents is 1. The zero-order valence-electron chi connectivity index (χ0n) is 17.3. The number of aryl methyl sites for hydroxylation is 1. The van der Waals surface area contributed by atoms with Gasteiger partial charge in [-0.2, -0.15) is 0 Å². The zero-order chi connectivity index (χ0) is 22.0. The molecular formula is C23H20N4O4. The first-order chi connectivity index (χ1) is 15.0. The third-order valence-electron chi connectivity index (χ3n) is 5.08. The van der Waals surface area contributed by atoms with Crippen molar-refractivity contribution in [1.29, 1.82) is 0 Å². The molecular weight excluding hydrogens is 396 g/mol. The van der Waals surface area contributed by atoms with Gasteiger partial charge in [-0.15, -0.1) is 0 Å². The quantitative estimate of drug-likeness (QED) is 0.336. The number of benzene rings is 2. The molecule has 0 aliphatic rings. The number of hydrogen-bond acceptors (Lipinski definition) is 7. The summed E-state index contributed by atoms with van der Waals surface area (Å²) in [5.74, 6) is 1.84. The van der Waals surface area contributed by atoms with Gasteiger partial charge in [-0.1, -0.05) is 12.1 Å². The predicted molar refractivity (Wildman–Crippen MR) is 117 cm³/mol. The molecule has 0 saturated heterocycles. The molecule has 0 radical (unpaired) electrons. The number of aromatic nitrogens is 3. The van der Waals surface area contributed by atoms with Gasteiger partial charge in [0, 0.05) is 47.5 Å². The Labute approximate surface area is 178 Å². The third-order valence-corrected chi connectivity index (χ3v) is 5.08. The van der Waals surface area contributed by atoms with E-state index in [0.29, 0.717) is 28.5 Å². The summed E-state index contributed by atoms with van der Waals surface area (Å²) in [4.78, 5) is 24.4. The predicted octanol–water partition coefficient (Wildman–Crippen LogP) is 4.52. The van der Waals surface area contributed by atoms with E-state index in [0.717, 1.165) is 22.1 Å². The van der Waals surface area contributed by atoms with Gasteiger partial charge in [0.2, 0.25) is 0 Å². The molecule has 0 unspecified atom stereocenters. The van der Waals surface area contributed by atoms with Crippen LogP contribution in [-0.4, -0.2) is 34.1 Å². The van der Waals surface area contributed by atoms with Gasteiger partial charge in [0.15, 0.2) is 5.65 Å². The molecule has 0 amide bonds. The second kappa shape index (κ2) is 8.35. The van der Waals surface area contributed by atoms with Crippen LogP contribution in [0.1, 0.15) is 17.0 Å². The Bertz CT molecular complexity index is 1270. The lowest BCUT2D eigenvalue weighted by molar-refractivity contribution is -0.385. The molecule has 0 spiro atoms. The number of methoxy groups -OCH3 is 2. The zero-order valence-corrected chi connectivity index (χ0v) is 17.3. The first kappa shape index (κ1) is 20.2. The fourth-order valence-corrected chi connectivity index (χ4v) is 3.42. The van der Waals surface area contributed by atoms with Crippen LogP contribution in [0.2, 0.25) is 0 Å². The summed E-state index contributed by atoms with van der Waals surface area (Å²) in [6.07, 6.45) is 3.68. The molecule has 0 bridgehead atoms. The van der Waals surface area contributed by atoms with E-state index < -0.39 is 0 Å². The minimum Gasteiger partial charge on any atom is -0.497 e. The highest BCUT2D eigenvalue weighted by molar-refractivity contribution is 5.80. The summed E-state index contributed by atoms with van der Waals surface area (Å²) >= 11 is 0. The molecule has 0 N–H and O–H groups in total. The van der Waals surface area contributed by atoms with Crippen LogP contribution >= 0.6 is 0 Å². The molecule has 2 heterocycles. The Morgan fingerprint density at radius 2 is 1.71 bits per heavy atom. The Morgan fingerprint density at radius 1 is 0.968 bits per heavy atom. The molecule has 0 fully saturated rings. The minimum atomic E-state index is -0.379. The van der Waals surface area contributed by atoms with Crippen molar-refractivity contribution in [3.63, 3.8) is 0 Å². The number of nitro groups is 1. The third kappa shape index (κ3) is 4.13. The molecule has 0 atom stereocenters. The maximum Gasteiger partial charge on any atom is 0.273 e. The van der Waals surface area contributed by atoms with E-state index in [1.54, 1.807) is 38.7 Å². The monoisotopic (exact) mass is 416 g/mol. The number of fused-ring (bicyclic) bond motifs is 1. The average molecular weight is 416 g/mol. The minimum absolute atomic E-state index is 0.0685. The van der Waals surface area contributed by atoms with Gasteiger partial charge < -0.3 is 9.47 Å². The maximum absolute atomic E-state index is 11.4. The van der Waals surface area contributed by atoms with Gasteiger partial charge >= 0.3 is 0 Å². The molecule has 4 aromatic rings. The Kier molecular flexibility index (Phi) is 5.44. The van der Waals surface area contributed by atoms with E-state index in [1.807, 2.05) is 31.2 Å². The van der Waals surface area contributed by atoms with Crippen molar-refractivity contribution >= 4 is 16.7 Å². The summed E-state index contributed by atoms with van der Waals surface area (Å²) in [5, 5.41) is 12.1. The maximum atomic E-state index is 11.4. The van der Waals surface area contributed by atoms with Gasteiger partial charge in [-0.05, 0) is 36.2 Å². The highest BCUT2D eigenvalue weighted by Gasteiger charge is 2.17. The van der Waals surface area contributed by atoms with Crippen LogP contribution in [-0.2, 0) is 6.42 Å². The van der Waals surface area contributed by atoms with Gasteiger partial charge in [-0.25, -0.2) is 15.0 Å². The molecule has 31 heavy (non-hydrogen) atoms. The molecule has 0 aliphatic heterocycles. The Hall–Kier alpha value is -4.07. The lowest BCUT2D eigenvalue weighted by Gasteiger charge is -2.09. The summed E-state index contributed by atoms with van der Waals surface area (Å²) < 4.78 is 10.7. The first-order valence-electron chi connectivity index (χ1n) is 9.56. The fourth-order valence-electron chi connectivity index (χ4n) is 3.42. The second-order valence-corrected chi connectivity index (χ2v) is 7.03. The molecule has 0 aliphatic carbocycles. The van der Waals surface area contributed by atoms with Crippen LogP contribution < -0.4 is 9.47 Å². The number of hydrogen-bond donors (Lipinski definition) is 0. The standard InChI is InChI=1S/C23H20N4O4/c1-14-5-4-6-21(27(28)29)20(14)11-22-24-13-17-7-16(12-25-23(17)26-22)15-8-18(30-2)10-19(9-15)31-3/h4-10,12-13H,11H2,1-3H3. The first-order valence-corrected chi connectivity index (χ1v) is 9.56. The van der Waals surface area contributed by atoms with Crippen molar-refractivity contribution in [2.75, 3.05) is 14.2 Å². The SMILES string of the molecule is COc1cc(OC)cc(-c2cnc3nc(Cc4c(C)cccc4[N+](=O)[O-])ncc3c2)c1. The Morgan fingerprint density at radius 3 is 2.39 bits per heavy atom. The number of nitrogens with zero attached hydrogens (tertiary/aromatic N) is 4. The van der Waals surface area contributed by atoms with Crippen molar-refractivity contribution in [1.82, 2.24) is 15.0 Å². The van der Waals surface area contributed by atoms with Crippen molar-refractivity contribution in [2.24, 2.45) is 0 Å². The molecule has 4 rings (SSSR count). The van der Waals surface area contributed by atoms with Crippen LogP contribution in [0.3, 0.4) is 0 Å². The van der Waals surface area contributed by atoms with E-state index in [4.69, 9.17) is 9.47 Å². The van der Waals surface area contributed by atoms with E-state index in [9.17, 15) is 10.1 Å². The highest BCUT2D eigenvalue weighted by Crippen LogP contribution is 2.31. The van der Waals surface area contributed by atoms with E-state index in [1.165, 1.54) is 6.07 Å². The normalized spacial score (nSPS) is 10.8. The number of ether oxygens (including phenoxy) is 2. The van der Waals surface area contributed by atoms with Gasteiger partial charge in [0.25, 0.3) is 5.69 Å². The van der Waals surface area contributed by atoms with Crippen molar-refractivity contribution in [2.45, 2.75) is 13.3 Å². The van der Waals surface area contributed by atoms with Crippen LogP contribution in [0.15, 0.2) is 54.9 Å². The highest BCUT2D eigenvalue weighted by atomic mass is 16.6. The lowest BCUT2D eigenvalue weighted by Crippen LogP contribution is -2.03. The Balaban J connectivity index is 1.70. The molecule has 0 saturated carbocycles. The van der Waals surface area contributed by atoms with Gasteiger partial charge in [0.1, 0.15) is 17.3 Å². The summed E-state index contributed by atoms with van der Waals surface area (Å²) in [7, 11) is 3.21. The van der Waals surface area contributed by atoms with E-state index in [2.05, 4.69) is 15.0 Å². The molecule has 8 heteroatoms. The summed E-state index contributed by atoms with van der Waals surface area (Å²) in [6, 6.07) is 12.6. The number of pyridine rings is 1. The largest absolute Gasteiger partial charge is 0.497 e. The lowest BCUT2D eigenvalue weighted by atomic mass is 10.0. The van der Waals surface area contributed by atoms with E-state index in [-0.39, 0.29) is 17.0 Å². The molecule has 2 aromatic heterocycles. The number of rotatable bonds is 6. The second-order valence-electron chi connectivity index (χ2n) is 7.03. The summed E-state index contributed by atoms with van der Waals surface area (Å²) in [6.45, 7) is 1.84. The van der Waals surface area contributed by atoms with Crippen LogP contribution in [0, 0.1) is 17.0 Å². The topological polar surface area (TPSA) is 100 Å². The summed E-state index contributed by atoms with van der Waals surface area (Å²) in [5.41, 5.74) is 3.79. The van der Waals surface area contributed by atoms with Gasteiger partial charge in [0.05, 0.1) is 19.1 Å². The van der Waals surface area contributed by atoms with Crippen LogP contribution in [0.25, 0.3) is 22.2 Å². The van der Waals surface area contributed by atoms with Crippen molar-refractivity contribution < 1.29 is 14.4 Å². The fraction of sp³-hybridized carbons (Fsp3) is 0.174. The van der Waals surface area contributed by atoms with Crippen molar-refractivity contribution in [3.05, 3.63) is 81.9 Å². The van der Waals surface area contributed by atoms with Crippen LogP contribution in [0.4, 0.5) is 5.69 Å². The van der Waals surface area contributed by atoms with Crippen molar-refractivity contribution in [3.8, 4) is 22.6 Å². The molecule has 8 nitrogen and oxygen atoms in total. The van der Waals surface area contributed by atoms with E-state index >= 15 is 0 Å². The average Bonchev–Trinajstić information content (AvgIpc) is 2.79. The molecule has 156 valence electrons.